The fraction of sp³-hybridized carbons (Fsp3) is 0.480. The Morgan fingerprint density at radius 3 is 2.53 bits per heavy atom. The van der Waals surface area contributed by atoms with Crippen LogP contribution in [-0.2, 0) is 32.3 Å². The molecule has 3 rings (SSSR count). The van der Waals surface area contributed by atoms with Crippen LogP contribution in [0.5, 0.6) is 0 Å². The zero-order chi connectivity index (χ0) is 27.8. The van der Waals surface area contributed by atoms with Gasteiger partial charge in [-0.05, 0) is 60.9 Å². The van der Waals surface area contributed by atoms with Crippen LogP contribution in [-0.4, -0.2) is 42.9 Å². The van der Waals surface area contributed by atoms with Crippen LogP contribution in [0.25, 0.3) is 0 Å². The van der Waals surface area contributed by atoms with Crippen LogP contribution < -0.4 is 14.8 Å². The molecule has 0 amide bonds. The van der Waals surface area contributed by atoms with Gasteiger partial charge in [0.1, 0.15) is 11.1 Å². The lowest BCUT2D eigenvalue weighted by atomic mass is 10.1. The molecule has 0 spiro atoms. The van der Waals surface area contributed by atoms with Gasteiger partial charge in [-0.15, -0.1) is 0 Å². The second-order valence-corrected chi connectivity index (χ2v) is 14.9. The summed E-state index contributed by atoms with van der Waals surface area (Å²) in [4.78, 5) is 21.0. The van der Waals surface area contributed by atoms with Crippen LogP contribution in [0.15, 0.2) is 46.2 Å². The SMILES string of the molecule is CCCCC1NSc2cc(S(=O)(=O)NCc3ccc(CCCCCP(=O)(O)CC(=O)O)cc3)c(Cl)cc2N1. The Morgan fingerprint density at radius 1 is 1.13 bits per heavy atom. The van der Waals surface area contributed by atoms with E-state index in [-0.39, 0.29) is 28.8 Å². The number of hydrogen-bond acceptors (Lipinski definition) is 7. The van der Waals surface area contributed by atoms with Crippen LogP contribution in [0.1, 0.15) is 56.6 Å². The highest BCUT2D eigenvalue weighted by atomic mass is 35.5. The van der Waals surface area contributed by atoms with Crippen molar-refractivity contribution in [2.24, 2.45) is 0 Å². The van der Waals surface area contributed by atoms with Gasteiger partial charge in [0.05, 0.1) is 16.9 Å². The number of unbranched alkanes of at least 4 members (excludes halogenated alkanes) is 3. The second kappa shape index (κ2) is 14.2. The number of rotatable bonds is 15. The first-order valence-corrected chi connectivity index (χ1v) is 17.3. The molecule has 9 nitrogen and oxygen atoms in total. The topological polar surface area (TPSA) is 145 Å². The molecule has 0 aliphatic carbocycles. The van der Waals surface area contributed by atoms with Crippen molar-refractivity contribution < 1.29 is 27.8 Å². The number of halogens is 1. The zero-order valence-corrected chi connectivity index (χ0v) is 24.6. The molecule has 13 heteroatoms. The summed E-state index contributed by atoms with van der Waals surface area (Å²) >= 11 is 7.78. The predicted octanol–water partition coefficient (Wildman–Crippen LogP) is 5.42. The summed E-state index contributed by atoms with van der Waals surface area (Å²) in [6, 6.07) is 10.8. The number of aliphatic carboxylic acids is 1. The fourth-order valence-electron chi connectivity index (χ4n) is 4.06. The van der Waals surface area contributed by atoms with Gasteiger partial charge in [0.2, 0.25) is 17.4 Å². The fourth-order valence-corrected chi connectivity index (χ4v) is 7.86. The Balaban J connectivity index is 1.49. The van der Waals surface area contributed by atoms with Gasteiger partial charge in [-0.3, -0.25) is 9.36 Å². The van der Waals surface area contributed by atoms with Crippen molar-refractivity contribution in [3.63, 3.8) is 0 Å². The molecule has 2 aromatic carbocycles. The van der Waals surface area contributed by atoms with Gasteiger partial charge in [-0.1, -0.05) is 62.1 Å². The minimum absolute atomic E-state index is 0.0117. The van der Waals surface area contributed by atoms with Crippen molar-refractivity contribution in [2.45, 2.75) is 74.4 Å². The number of sulfonamides is 1. The minimum Gasteiger partial charge on any atom is -0.481 e. The Labute approximate surface area is 233 Å². The van der Waals surface area contributed by atoms with E-state index in [1.54, 1.807) is 12.1 Å². The molecule has 0 saturated heterocycles. The highest BCUT2D eigenvalue weighted by molar-refractivity contribution is 7.97. The summed E-state index contributed by atoms with van der Waals surface area (Å²) in [5, 5.41) is 12.2. The highest BCUT2D eigenvalue weighted by Gasteiger charge is 2.25. The van der Waals surface area contributed by atoms with Crippen molar-refractivity contribution >= 4 is 52.6 Å². The van der Waals surface area contributed by atoms with Gasteiger partial charge in [-0.2, -0.15) is 0 Å². The van der Waals surface area contributed by atoms with E-state index in [2.05, 4.69) is 21.7 Å². The first-order chi connectivity index (χ1) is 18.0. The van der Waals surface area contributed by atoms with E-state index in [1.165, 1.54) is 11.9 Å². The lowest BCUT2D eigenvalue weighted by molar-refractivity contribution is -0.134. The molecule has 0 bridgehead atoms. The molecule has 5 N–H and O–H groups in total. The summed E-state index contributed by atoms with van der Waals surface area (Å²) < 4.78 is 43.7. The van der Waals surface area contributed by atoms with Gasteiger partial charge in [0.25, 0.3) is 0 Å². The van der Waals surface area contributed by atoms with E-state index < -0.39 is 29.5 Å². The lowest BCUT2D eigenvalue weighted by Crippen LogP contribution is -2.35. The Bertz CT molecular complexity index is 1260. The van der Waals surface area contributed by atoms with Crippen molar-refractivity contribution in [3.8, 4) is 0 Å². The summed E-state index contributed by atoms with van der Waals surface area (Å²) in [5.74, 6) is -1.26. The molecule has 2 unspecified atom stereocenters. The highest BCUT2D eigenvalue weighted by Crippen LogP contribution is 2.41. The number of aryl methyl sites for hydroxylation is 1. The van der Waals surface area contributed by atoms with E-state index in [1.807, 2.05) is 24.3 Å². The maximum Gasteiger partial charge on any atom is 0.313 e. The average molecular weight is 604 g/mol. The van der Waals surface area contributed by atoms with Gasteiger partial charge >= 0.3 is 5.97 Å². The second-order valence-electron chi connectivity index (χ2n) is 9.41. The smallest absolute Gasteiger partial charge is 0.313 e. The van der Waals surface area contributed by atoms with Crippen molar-refractivity contribution in [2.75, 3.05) is 17.6 Å². The van der Waals surface area contributed by atoms with Crippen LogP contribution in [0, 0.1) is 0 Å². The Kier molecular flexibility index (Phi) is 11.5. The van der Waals surface area contributed by atoms with E-state index in [0.717, 1.165) is 60.2 Å². The average Bonchev–Trinajstić information content (AvgIpc) is 2.85. The molecule has 1 heterocycles. The first kappa shape index (κ1) is 30.9. The van der Waals surface area contributed by atoms with E-state index >= 15 is 0 Å². The van der Waals surface area contributed by atoms with E-state index in [9.17, 15) is 22.7 Å². The Morgan fingerprint density at radius 2 is 1.84 bits per heavy atom. The summed E-state index contributed by atoms with van der Waals surface area (Å²) in [6.07, 6.45) is 5.35. The molecule has 0 fully saturated rings. The molecule has 2 atom stereocenters. The lowest BCUT2D eigenvalue weighted by Gasteiger charge is -2.28. The summed E-state index contributed by atoms with van der Waals surface area (Å²) in [7, 11) is -7.43. The standard InChI is InChI=1S/C25H35ClN3O6PS2/c1-2-3-8-24-28-21-14-20(26)23(15-22(21)37-29-24)38(34,35)27-16-19-11-9-18(10-12-19)7-5-4-6-13-36(32,33)17-25(30)31/h9-12,14-15,24,27-29H,2-8,13,16-17H2,1H3,(H,30,31)(H,32,33). The summed E-state index contributed by atoms with van der Waals surface area (Å²) in [5.41, 5.74) is 2.69. The molecular weight excluding hydrogens is 569 g/mol. The monoisotopic (exact) mass is 603 g/mol. The number of carboxylic acid groups (broad SMARTS) is 1. The van der Waals surface area contributed by atoms with Gasteiger partial charge < -0.3 is 15.3 Å². The number of carbonyl (C=O) groups is 1. The molecule has 1 aliphatic heterocycles. The van der Waals surface area contributed by atoms with E-state index in [0.29, 0.717) is 6.42 Å². The zero-order valence-electron chi connectivity index (χ0n) is 21.3. The third-order valence-corrected chi connectivity index (χ3v) is 10.8. The maximum atomic E-state index is 13.0. The predicted molar refractivity (Wildman–Crippen MR) is 153 cm³/mol. The third kappa shape index (κ3) is 9.55. The van der Waals surface area contributed by atoms with Crippen LogP contribution in [0.4, 0.5) is 5.69 Å². The number of nitrogens with one attached hydrogen (secondary N) is 3. The molecule has 2 aromatic rings. The van der Waals surface area contributed by atoms with Crippen molar-refractivity contribution in [3.05, 3.63) is 52.5 Å². The molecular formula is C25H35ClN3O6PS2. The first-order valence-electron chi connectivity index (χ1n) is 12.6. The van der Waals surface area contributed by atoms with Gasteiger partial charge in [-0.25, -0.2) is 17.9 Å². The normalized spacial score (nSPS) is 16.9. The van der Waals surface area contributed by atoms with Crippen molar-refractivity contribution in [1.29, 1.82) is 0 Å². The van der Waals surface area contributed by atoms with Crippen LogP contribution in [0.3, 0.4) is 0 Å². The van der Waals surface area contributed by atoms with Gasteiger partial charge in [0, 0.05) is 17.6 Å². The Hall–Kier alpha value is -1.59. The molecule has 38 heavy (non-hydrogen) atoms. The number of carboxylic acids is 1. The quantitative estimate of drug-likeness (QED) is 0.102. The van der Waals surface area contributed by atoms with E-state index in [4.69, 9.17) is 16.7 Å². The van der Waals surface area contributed by atoms with Crippen LogP contribution >= 0.6 is 30.9 Å². The summed E-state index contributed by atoms with van der Waals surface area (Å²) in [6.45, 7) is 2.25. The number of anilines is 1. The van der Waals surface area contributed by atoms with Crippen LogP contribution in [0.2, 0.25) is 5.02 Å². The number of fused-ring (bicyclic) bond motifs is 1. The molecule has 210 valence electrons. The molecule has 0 aromatic heterocycles. The number of hydrogen-bond donors (Lipinski definition) is 5. The molecule has 1 aliphatic rings. The largest absolute Gasteiger partial charge is 0.481 e. The minimum atomic E-state index is -3.83. The molecule has 0 saturated carbocycles. The maximum absolute atomic E-state index is 13.0. The van der Waals surface area contributed by atoms with Gasteiger partial charge in [0.15, 0.2) is 0 Å². The van der Waals surface area contributed by atoms with Crippen molar-refractivity contribution in [1.82, 2.24) is 9.44 Å². The third-order valence-electron chi connectivity index (χ3n) is 6.16. The molecule has 0 radical (unpaired) electrons. The number of benzene rings is 2.